The molecule has 0 bridgehead atoms. The van der Waals surface area contributed by atoms with E-state index in [-0.39, 0.29) is 0 Å². The maximum atomic E-state index is 12.5. The van der Waals surface area contributed by atoms with Gasteiger partial charge in [0.15, 0.2) is 0 Å². The zero-order valence-corrected chi connectivity index (χ0v) is 15.4. The topological polar surface area (TPSA) is 61.4 Å². The summed E-state index contributed by atoms with van der Waals surface area (Å²) in [5.41, 5.74) is 0. The zero-order valence-electron chi connectivity index (χ0n) is 12.2. The molecule has 0 radical (unpaired) electrons. The number of hydrogen-bond donors (Lipinski definition) is 2. The van der Waals surface area contributed by atoms with Gasteiger partial charge < -0.3 is 5.32 Å². The number of thiophene rings is 1. The van der Waals surface area contributed by atoms with Gasteiger partial charge in [0.1, 0.15) is 4.90 Å². The van der Waals surface area contributed by atoms with Crippen molar-refractivity contribution in [1.82, 2.24) is 15.2 Å². The van der Waals surface area contributed by atoms with Gasteiger partial charge in [0, 0.05) is 24.5 Å². The van der Waals surface area contributed by atoms with Crippen LogP contribution in [0.4, 0.5) is 0 Å². The minimum absolute atomic E-state index is 0.339. The monoisotopic (exact) mass is 395 g/mol. The number of nitrogens with zero attached hydrogens (tertiary/aromatic N) is 1. The lowest BCUT2D eigenvalue weighted by Gasteiger charge is -2.26. The molecule has 2 rings (SSSR count). The molecular weight excluding hydrogens is 374 g/mol. The Balaban J connectivity index is 2.04. The van der Waals surface area contributed by atoms with E-state index in [4.69, 9.17) is 0 Å². The van der Waals surface area contributed by atoms with Gasteiger partial charge in [0.05, 0.1) is 3.79 Å². The van der Waals surface area contributed by atoms with E-state index in [0.29, 0.717) is 15.2 Å². The summed E-state index contributed by atoms with van der Waals surface area (Å²) in [6.07, 6.45) is 4.32. The van der Waals surface area contributed by atoms with E-state index in [2.05, 4.69) is 33.0 Å². The number of hydrazine groups is 1. The standard InChI is InChI=1S/C13H22BrN3O2S2/c1-2-6-15-10-11-9-12(13(14)20-11)21(18,19)16-17-7-4-3-5-8-17/h9,15-16H,2-8,10H2,1H3. The van der Waals surface area contributed by atoms with Crippen LogP contribution in [0.3, 0.4) is 0 Å². The molecule has 0 spiro atoms. The predicted octanol–water partition coefficient (Wildman–Crippen LogP) is 2.69. The second-order valence-electron chi connectivity index (χ2n) is 5.17. The zero-order chi connectivity index (χ0) is 15.3. The van der Waals surface area contributed by atoms with Crippen molar-refractivity contribution in [2.24, 2.45) is 0 Å². The number of hydrogen-bond acceptors (Lipinski definition) is 5. The first-order valence-electron chi connectivity index (χ1n) is 7.29. The van der Waals surface area contributed by atoms with Gasteiger partial charge in [0.2, 0.25) is 0 Å². The van der Waals surface area contributed by atoms with Crippen molar-refractivity contribution in [3.8, 4) is 0 Å². The summed E-state index contributed by atoms with van der Waals surface area (Å²) in [5, 5.41) is 5.09. The SMILES string of the molecule is CCCNCc1cc(S(=O)(=O)NN2CCCCC2)c(Br)s1. The van der Waals surface area contributed by atoms with Gasteiger partial charge in [-0.25, -0.2) is 13.4 Å². The van der Waals surface area contributed by atoms with Gasteiger partial charge in [-0.05, 0) is 47.8 Å². The fourth-order valence-corrected chi connectivity index (χ4v) is 6.04. The molecule has 0 amide bonds. The first-order valence-corrected chi connectivity index (χ1v) is 10.4. The van der Waals surface area contributed by atoms with Crippen molar-refractivity contribution >= 4 is 37.3 Å². The number of nitrogens with one attached hydrogen (secondary N) is 2. The molecule has 0 atom stereocenters. The third-order valence-corrected chi connectivity index (χ3v) is 6.95. The third kappa shape index (κ3) is 5.01. The fraction of sp³-hybridized carbons (Fsp3) is 0.692. The molecule has 21 heavy (non-hydrogen) atoms. The highest BCUT2D eigenvalue weighted by Gasteiger charge is 2.24. The lowest BCUT2D eigenvalue weighted by Crippen LogP contribution is -2.44. The number of rotatable bonds is 7. The molecule has 1 aliphatic heterocycles. The van der Waals surface area contributed by atoms with Crippen molar-refractivity contribution < 1.29 is 8.42 Å². The maximum Gasteiger partial charge on any atom is 0.255 e. The second kappa shape index (κ2) is 8.03. The van der Waals surface area contributed by atoms with Gasteiger partial charge >= 0.3 is 0 Å². The highest BCUT2D eigenvalue weighted by atomic mass is 79.9. The van der Waals surface area contributed by atoms with Crippen molar-refractivity contribution in [2.75, 3.05) is 19.6 Å². The van der Waals surface area contributed by atoms with E-state index in [1.54, 1.807) is 11.1 Å². The number of halogens is 1. The summed E-state index contributed by atoms with van der Waals surface area (Å²) >= 11 is 4.85. The molecule has 2 N–H and O–H groups in total. The van der Waals surface area contributed by atoms with Crippen molar-refractivity contribution in [1.29, 1.82) is 0 Å². The normalized spacial score (nSPS) is 17.2. The van der Waals surface area contributed by atoms with Crippen LogP contribution in [0.5, 0.6) is 0 Å². The van der Waals surface area contributed by atoms with Crippen LogP contribution >= 0.6 is 27.3 Å². The van der Waals surface area contributed by atoms with Gasteiger partial charge in [-0.15, -0.1) is 16.2 Å². The van der Waals surface area contributed by atoms with Crippen LogP contribution in [-0.4, -0.2) is 33.1 Å². The largest absolute Gasteiger partial charge is 0.312 e. The van der Waals surface area contributed by atoms with E-state index in [9.17, 15) is 8.42 Å². The third-order valence-electron chi connectivity index (χ3n) is 3.33. The maximum absolute atomic E-state index is 12.5. The Morgan fingerprint density at radius 2 is 2.05 bits per heavy atom. The molecule has 1 saturated heterocycles. The van der Waals surface area contributed by atoms with E-state index < -0.39 is 10.0 Å². The summed E-state index contributed by atoms with van der Waals surface area (Å²) in [5.74, 6) is 0. The molecule has 0 aliphatic carbocycles. The Labute approximate surface area is 139 Å². The van der Waals surface area contributed by atoms with Crippen molar-refractivity contribution in [2.45, 2.75) is 44.0 Å². The fourth-order valence-electron chi connectivity index (χ4n) is 2.26. The van der Waals surface area contributed by atoms with Crippen LogP contribution in [0.2, 0.25) is 0 Å². The van der Waals surface area contributed by atoms with E-state index >= 15 is 0 Å². The molecule has 1 fully saturated rings. The highest BCUT2D eigenvalue weighted by Crippen LogP contribution is 2.31. The molecule has 5 nitrogen and oxygen atoms in total. The molecule has 0 aromatic carbocycles. The molecule has 1 aromatic heterocycles. The molecule has 2 heterocycles. The molecule has 8 heteroatoms. The molecule has 0 saturated carbocycles. The summed E-state index contributed by atoms with van der Waals surface area (Å²) in [6, 6.07) is 1.75. The average Bonchev–Trinajstić information content (AvgIpc) is 2.82. The Hall–Kier alpha value is 0.01000. The van der Waals surface area contributed by atoms with Crippen molar-refractivity contribution in [3.63, 3.8) is 0 Å². The van der Waals surface area contributed by atoms with E-state index in [1.165, 1.54) is 17.8 Å². The van der Waals surface area contributed by atoms with Gasteiger partial charge in [0.25, 0.3) is 10.0 Å². The van der Waals surface area contributed by atoms with Crippen LogP contribution in [0.15, 0.2) is 14.7 Å². The quantitative estimate of drug-likeness (QED) is 0.696. The Morgan fingerprint density at radius 1 is 1.33 bits per heavy atom. The van der Waals surface area contributed by atoms with Crippen molar-refractivity contribution in [3.05, 3.63) is 14.7 Å². The Morgan fingerprint density at radius 3 is 2.71 bits per heavy atom. The van der Waals surface area contributed by atoms with Crippen LogP contribution in [-0.2, 0) is 16.6 Å². The molecule has 120 valence electrons. The minimum atomic E-state index is -3.49. The Kier molecular flexibility index (Phi) is 6.64. The summed E-state index contributed by atoms with van der Waals surface area (Å²) < 4.78 is 25.6. The summed E-state index contributed by atoms with van der Waals surface area (Å²) in [4.78, 5) is 4.06. The first-order chi connectivity index (χ1) is 10.0. The second-order valence-corrected chi connectivity index (χ2v) is 9.25. The highest BCUT2D eigenvalue weighted by molar-refractivity contribution is 9.11. The predicted molar refractivity (Wildman–Crippen MR) is 89.8 cm³/mol. The summed E-state index contributed by atoms with van der Waals surface area (Å²) in [7, 11) is -3.49. The van der Waals surface area contributed by atoms with Gasteiger partial charge in [-0.1, -0.05) is 13.3 Å². The molecule has 0 unspecified atom stereocenters. The number of sulfonamides is 1. The lowest BCUT2D eigenvalue weighted by atomic mass is 10.2. The van der Waals surface area contributed by atoms with Crippen LogP contribution in [0.25, 0.3) is 0 Å². The first kappa shape index (κ1) is 17.4. The molecular formula is C13H22BrN3O2S2. The van der Waals surface area contributed by atoms with Crippen LogP contribution < -0.4 is 10.1 Å². The van der Waals surface area contributed by atoms with Gasteiger partial charge in [-0.3, -0.25) is 0 Å². The van der Waals surface area contributed by atoms with Crippen LogP contribution in [0.1, 0.15) is 37.5 Å². The minimum Gasteiger partial charge on any atom is -0.312 e. The molecule has 1 aliphatic rings. The van der Waals surface area contributed by atoms with E-state index in [1.807, 2.05) is 0 Å². The number of piperidine rings is 1. The lowest BCUT2D eigenvalue weighted by molar-refractivity contribution is 0.200. The van der Waals surface area contributed by atoms with Gasteiger partial charge in [-0.2, -0.15) is 0 Å². The average molecular weight is 396 g/mol. The smallest absolute Gasteiger partial charge is 0.255 e. The van der Waals surface area contributed by atoms with E-state index in [0.717, 1.165) is 43.8 Å². The molecule has 1 aromatic rings. The Bertz CT molecular complexity index is 554. The van der Waals surface area contributed by atoms with Crippen LogP contribution in [0, 0.1) is 0 Å². The summed E-state index contributed by atoms with van der Waals surface area (Å²) in [6.45, 7) is 5.31.